The molecule has 2 N–H and O–H groups in total. The van der Waals surface area contributed by atoms with E-state index in [1.54, 1.807) is 28.9 Å². The number of nitrogens with zero attached hydrogens (tertiary/aromatic N) is 3. The minimum atomic E-state index is -0.299. The zero-order valence-electron chi connectivity index (χ0n) is 14.5. The van der Waals surface area contributed by atoms with Crippen molar-refractivity contribution >= 4 is 28.9 Å². The Hall–Kier alpha value is -3.74. The lowest BCUT2D eigenvalue weighted by Gasteiger charge is -2.04. The zero-order chi connectivity index (χ0) is 18.8. The fraction of sp³-hybridized carbons (Fsp3) is 0.0500. The summed E-state index contributed by atoms with van der Waals surface area (Å²) < 4.78 is 15.2. The molecule has 0 atom stereocenters. The molecule has 0 spiro atoms. The van der Waals surface area contributed by atoms with Gasteiger partial charge in [0.1, 0.15) is 5.82 Å². The number of carbonyl (C=O) groups excluding carboxylic acids is 1. The van der Waals surface area contributed by atoms with Gasteiger partial charge in [0.2, 0.25) is 11.9 Å². The first-order valence-electron chi connectivity index (χ1n) is 8.34. The molecule has 2 aromatic heterocycles. The molecule has 6 nitrogen and oxygen atoms in total. The van der Waals surface area contributed by atoms with Gasteiger partial charge >= 0.3 is 0 Å². The molecule has 27 heavy (non-hydrogen) atoms. The van der Waals surface area contributed by atoms with Crippen molar-refractivity contribution in [1.29, 1.82) is 0 Å². The van der Waals surface area contributed by atoms with Crippen molar-refractivity contribution in [3.63, 3.8) is 0 Å². The molecule has 0 unspecified atom stereocenters. The van der Waals surface area contributed by atoms with Gasteiger partial charge in [0.15, 0.2) is 5.65 Å². The summed E-state index contributed by atoms with van der Waals surface area (Å²) in [7, 11) is 0. The summed E-state index contributed by atoms with van der Waals surface area (Å²) in [5, 5.41) is 10.3. The number of anilines is 3. The van der Waals surface area contributed by atoms with Gasteiger partial charge in [-0.05, 0) is 54.1 Å². The summed E-state index contributed by atoms with van der Waals surface area (Å²) in [5.41, 5.74) is 3.65. The molecule has 2 aromatic carbocycles. The maximum atomic E-state index is 13.6. The van der Waals surface area contributed by atoms with E-state index in [0.717, 1.165) is 16.8 Å². The average molecular weight is 361 g/mol. The molecular formula is C20H16FN5O. The maximum Gasteiger partial charge on any atom is 0.247 e. The Morgan fingerprint density at radius 3 is 2.56 bits per heavy atom. The second-order valence-corrected chi connectivity index (χ2v) is 6.02. The van der Waals surface area contributed by atoms with E-state index in [1.165, 1.54) is 19.1 Å². The van der Waals surface area contributed by atoms with Crippen LogP contribution in [0.3, 0.4) is 0 Å². The topological polar surface area (TPSA) is 71.3 Å². The summed E-state index contributed by atoms with van der Waals surface area (Å²) in [6.45, 7) is 1.46. The number of hydrogen-bond acceptors (Lipinski definition) is 4. The number of aromatic nitrogens is 3. The number of pyridine rings is 1. The van der Waals surface area contributed by atoms with Crippen molar-refractivity contribution in [1.82, 2.24) is 14.6 Å². The number of hydrogen-bond donors (Lipinski definition) is 2. The molecule has 2 heterocycles. The van der Waals surface area contributed by atoms with E-state index in [0.29, 0.717) is 17.3 Å². The first kappa shape index (κ1) is 16.7. The van der Waals surface area contributed by atoms with Crippen LogP contribution < -0.4 is 10.6 Å². The van der Waals surface area contributed by atoms with Gasteiger partial charge in [0.05, 0.1) is 0 Å². The number of nitrogens with one attached hydrogen (secondary N) is 2. The Kier molecular flexibility index (Phi) is 4.25. The third-order valence-electron chi connectivity index (χ3n) is 3.96. The number of benzene rings is 2. The van der Waals surface area contributed by atoms with Crippen LogP contribution in [0.2, 0.25) is 0 Å². The molecule has 0 saturated heterocycles. The lowest BCUT2D eigenvalue weighted by atomic mass is 10.1. The highest BCUT2D eigenvalue weighted by atomic mass is 19.1. The van der Waals surface area contributed by atoms with Crippen LogP contribution in [0.15, 0.2) is 66.9 Å². The second-order valence-electron chi connectivity index (χ2n) is 6.02. The van der Waals surface area contributed by atoms with Crippen LogP contribution in [0.25, 0.3) is 16.8 Å². The smallest absolute Gasteiger partial charge is 0.247 e. The predicted octanol–water partition coefficient (Wildman–Crippen LogP) is 4.24. The molecule has 134 valence electrons. The number of carbonyl (C=O) groups is 1. The van der Waals surface area contributed by atoms with Gasteiger partial charge < -0.3 is 10.6 Å². The Labute approximate surface area is 154 Å². The highest BCUT2D eigenvalue weighted by molar-refractivity contribution is 5.88. The van der Waals surface area contributed by atoms with Crippen molar-refractivity contribution in [2.75, 3.05) is 10.6 Å². The van der Waals surface area contributed by atoms with Crippen molar-refractivity contribution in [2.24, 2.45) is 0 Å². The Morgan fingerprint density at radius 2 is 1.81 bits per heavy atom. The van der Waals surface area contributed by atoms with Crippen LogP contribution in [0.4, 0.5) is 21.7 Å². The largest absolute Gasteiger partial charge is 0.326 e. The summed E-state index contributed by atoms with van der Waals surface area (Å²) in [6, 6.07) is 17.3. The molecule has 0 fully saturated rings. The minimum absolute atomic E-state index is 0.123. The Morgan fingerprint density at radius 1 is 1.04 bits per heavy atom. The van der Waals surface area contributed by atoms with Crippen LogP contribution in [0.1, 0.15) is 6.92 Å². The fourth-order valence-corrected chi connectivity index (χ4v) is 2.81. The molecule has 0 aliphatic rings. The summed E-state index contributed by atoms with van der Waals surface area (Å²) in [5.74, 6) is 0.000335. The highest BCUT2D eigenvalue weighted by Gasteiger charge is 2.10. The van der Waals surface area contributed by atoms with E-state index < -0.39 is 0 Å². The third kappa shape index (κ3) is 3.62. The summed E-state index contributed by atoms with van der Waals surface area (Å²) >= 11 is 0. The van der Waals surface area contributed by atoms with Crippen molar-refractivity contribution in [3.05, 3.63) is 72.7 Å². The molecule has 0 radical (unpaired) electrons. The molecule has 1 amide bonds. The molecule has 4 rings (SSSR count). The lowest BCUT2D eigenvalue weighted by Crippen LogP contribution is -2.05. The van der Waals surface area contributed by atoms with Crippen molar-refractivity contribution in [3.8, 4) is 11.1 Å². The number of rotatable bonds is 4. The number of amides is 1. The summed E-state index contributed by atoms with van der Waals surface area (Å²) in [4.78, 5) is 15.6. The van der Waals surface area contributed by atoms with E-state index in [1.807, 2.05) is 30.3 Å². The molecular weight excluding hydrogens is 345 g/mol. The second kappa shape index (κ2) is 6.87. The fourth-order valence-electron chi connectivity index (χ4n) is 2.81. The van der Waals surface area contributed by atoms with Crippen molar-refractivity contribution in [2.45, 2.75) is 6.92 Å². The normalized spacial score (nSPS) is 10.7. The SMILES string of the molecule is CC(=O)Nc1ccc(Nc2nc3c(-c4cccc(F)c4)cccn3n2)cc1. The lowest BCUT2D eigenvalue weighted by molar-refractivity contribution is -0.114. The van der Waals surface area contributed by atoms with Crippen LogP contribution in [-0.4, -0.2) is 20.5 Å². The monoisotopic (exact) mass is 361 g/mol. The molecule has 0 bridgehead atoms. The van der Waals surface area contributed by atoms with Crippen LogP contribution >= 0.6 is 0 Å². The van der Waals surface area contributed by atoms with E-state index in [9.17, 15) is 9.18 Å². The van der Waals surface area contributed by atoms with Gasteiger partial charge in [0.25, 0.3) is 0 Å². The van der Waals surface area contributed by atoms with Gasteiger partial charge in [0, 0.05) is 30.1 Å². The van der Waals surface area contributed by atoms with Crippen LogP contribution in [-0.2, 0) is 4.79 Å². The van der Waals surface area contributed by atoms with E-state index in [2.05, 4.69) is 20.7 Å². The van der Waals surface area contributed by atoms with Crippen LogP contribution in [0.5, 0.6) is 0 Å². The predicted molar refractivity (Wildman–Crippen MR) is 102 cm³/mol. The molecule has 0 aliphatic heterocycles. The van der Waals surface area contributed by atoms with E-state index in [4.69, 9.17) is 0 Å². The number of halogens is 1. The highest BCUT2D eigenvalue weighted by Crippen LogP contribution is 2.25. The minimum Gasteiger partial charge on any atom is -0.326 e. The Bertz CT molecular complexity index is 1120. The number of fused-ring (bicyclic) bond motifs is 1. The van der Waals surface area contributed by atoms with Gasteiger partial charge in [-0.3, -0.25) is 4.79 Å². The maximum absolute atomic E-state index is 13.6. The average Bonchev–Trinajstić information content (AvgIpc) is 3.05. The van der Waals surface area contributed by atoms with Gasteiger partial charge in [-0.25, -0.2) is 8.91 Å². The standard InChI is InChI=1S/C20H16FN5O/c1-13(27)22-16-7-9-17(10-8-16)23-20-24-19-18(6-3-11-26(19)25-20)14-4-2-5-15(21)12-14/h2-12H,1H3,(H,22,27)(H,23,25). The van der Waals surface area contributed by atoms with E-state index >= 15 is 0 Å². The van der Waals surface area contributed by atoms with Gasteiger partial charge in [-0.1, -0.05) is 12.1 Å². The van der Waals surface area contributed by atoms with Gasteiger partial charge in [-0.2, -0.15) is 4.98 Å². The Balaban J connectivity index is 1.64. The quantitative estimate of drug-likeness (QED) is 0.570. The molecule has 7 heteroatoms. The van der Waals surface area contributed by atoms with Crippen molar-refractivity contribution < 1.29 is 9.18 Å². The first-order chi connectivity index (χ1) is 13.1. The molecule has 0 aliphatic carbocycles. The molecule has 4 aromatic rings. The van der Waals surface area contributed by atoms with E-state index in [-0.39, 0.29) is 11.7 Å². The van der Waals surface area contributed by atoms with Gasteiger partial charge in [-0.15, -0.1) is 5.10 Å². The summed E-state index contributed by atoms with van der Waals surface area (Å²) in [6.07, 6.45) is 1.79. The van der Waals surface area contributed by atoms with Crippen LogP contribution in [0, 0.1) is 5.82 Å². The third-order valence-corrected chi connectivity index (χ3v) is 3.96. The molecule has 0 saturated carbocycles. The first-order valence-corrected chi connectivity index (χ1v) is 8.34. The zero-order valence-corrected chi connectivity index (χ0v) is 14.5.